The van der Waals surface area contributed by atoms with Gasteiger partial charge in [0.15, 0.2) is 0 Å². The maximum atomic E-state index is 13.3. The highest BCUT2D eigenvalue weighted by Gasteiger charge is 2.36. The lowest BCUT2D eigenvalue weighted by Gasteiger charge is -2.35. The predicted molar refractivity (Wildman–Crippen MR) is 151 cm³/mol. The summed E-state index contributed by atoms with van der Waals surface area (Å²) in [4.78, 5) is 29.5. The molecule has 5 rings (SSSR count). The summed E-state index contributed by atoms with van der Waals surface area (Å²) in [5, 5.41) is 2.84. The second kappa shape index (κ2) is 11.1. The fourth-order valence-electron chi connectivity index (χ4n) is 5.15. The Kier molecular flexibility index (Phi) is 7.58. The van der Waals surface area contributed by atoms with Crippen LogP contribution in [0.1, 0.15) is 12.0 Å². The van der Waals surface area contributed by atoms with Crippen molar-refractivity contribution in [2.24, 2.45) is 5.92 Å². The highest BCUT2D eigenvalue weighted by molar-refractivity contribution is 7.89. The molecule has 204 valence electrons. The smallest absolute Gasteiger partial charge is 0.243 e. The maximum Gasteiger partial charge on any atom is 0.243 e. The van der Waals surface area contributed by atoms with Crippen LogP contribution in [0.15, 0.2) is 77.7 Å². The number of nitrogens with zero attached hydrogens (tertiary/aromatic N) is 3. The molecule has 2 fully saturated rings. The number of aryl methyl sites for hydroxylation is 1. The van der Waals surface area contributed by atoms with Crippen LogP contribution in [0.3, 0.4) is 0 Å². The highest BCUT2D eigenvalue weighted by Crippen LogP contribution is 2.30. The number of anilines is 3. The number of benzene rings is 3. The van der Waals surface area contributed by atoms with E-state index in [2.05, 4.69) is 10.2 Å². The van der Waals surface area contributed by atoms with E-state index in [0.29, 0.717) is 38.4 Å². The molecule has 2 aliphatic rings. The molecule has 9 nitrogen and oxygen atoms in total. The number of nitrogens with one attached hydrogen (secondary N) is 1. The summed E-state index contributed by atoms with van der Waals surface area (Å²) in [6, 6.07) is 21.5. The topological polar surface area (TPSA) is 99.3 Å². The van der Waals surface area contributed by atoms with Crippen molar-refractivity contribution in [2.75, 3.05) is 55.0 Å². The molecule has 2 aliphatic heterocycles. The Labute approximate surface area is 229 Å². The number of hydrogen-bond donors (Lipinski definition) is 1. The molecule has 2 saturated heterocycles. The lowest BCUT2D eigenvalue weighted by molar-refractivity contribution is -0.122. The van der Waals surface area contributed by atoms with Crippen molar-refractivity contribution in [2.45, 2.75) is 18.2 Å². The van der Waals surface area contributed by atoms with Gasteiger partial charge in [-0.05, 0) is 55.0 Å². The molecule has 1 unspecified atom stereocenters. The molecule has 0 radical (unpaired) electrons. The first-order valence-corrected chi connectivity index (χ1v) is 14.4. The van der Waals surface area contributed by atoms with E-state index in [4.69, 9.17) is 4.74 Å². The fourth-order valence-corrected chi connectivity index (χ4v) is 6.57. The molecule has 0 spiro atoms. The van der Waals surface area contributed by atoms with Crippen LogP contribution >= 0.6 is 0 Å². The Bertz CT molecular complexity index is 1470. The number of hydrogen-bond acceptors (Lipinski definition) is 6. The van der Waals surface area contributed by atoms with Gasteiger partial charge in [-0.2, -0.15) is 4.31 Å². The molecule has 0 aromatic heterocycles. The maximum absolute atomic E-state index is 13.3. The average Bonchev–Trinajstić information content (AvgIpc) is 3.35. The molecular formula is C29H32N4O5S. The molecule has 1 atom stereocenters. The van der Waals surface area contributed by atoms with E-state index in [1.54, 1.807) is 24.1 Å². The van der Waals surface area contributed by atoms with Crippen LogP contribution in [-0.4, -0.2) is 64.4 Å². The zero-order chi connectivity index (χ0) is 27.6. The molecule has 1 N–H and O–H groups in total. The van der Waals surface area contributed by atoms with E-state index in [-0.39, 0.29) is 23.1 Å². The van der Waals surface area contributed by atoms with Crippen molar-refractivity contribution in [1.82, 2.24) is 4.31 Å². The van der Waals surface area contributed by atoms with E-state index < -0.39 is 15.9 Å². The summed E-state index contributed by atoms with van der Waals surface area (Å²) >= 11 is 0. The quantitative estimate of drug-likeness (QED) is 0.485. The number of para-hydroxylation sites is 3. The Balaban J connectivity index is 1.19. The van der Waals surface area contributed by atoms with Gasteiger partial charge in [-0.15, -0.1) is 0 Å². The standard InChI is InChI=1S/C29H32N4O5S/c1-21-7-3-4-8-25(21)33-20-22(19-28(33)34)29(35)30-23-11-13-24(14-12-23)39(36,37)32-17-15-31(16-18-32)26-9-5-6-10-27(26)38-2/h3-14,22H,15-20H2,1-2H3,(H,30,35). The second-order valence-corrected chi connectivity index (χ2v) is 11.7. The Morgan fingerprint density at radius 2 is 1.54 bits per heavy atom. The highest BCUT2D eigenvalue weighted by atomic mass is 32.2. The van der Waals surface area contributed by atoms with Crippen LogP contribution in [0.4, 0.5) is 17.1 Å². The lowest BCUT2D eigenvalue weighted by atomic mass is 10.1. The lowest BCUT2D eigenvalue weighted by Crippen LogP contribution is -2.48. The molecule has 0 bridgehead atoms. The van der Waals surface area contributed by atoms with Gasteiger partial charge in [0.2, 0.25) is 21.8 Å². The minimum Gasteiger partial charge on any atom is -0.495 e. The van der Waals surface area contributed by atoms with Gasteiger partial charge in [-0.25, -0.2) is 8.42 Å². The van der Waals surface area contributed by atoms with Gasteiger partial charge in [0.05, 0.1) is 23.6 Å². The molecule has 10 heteroatoms. The van der Waals surface area contributed by atoms with E-state index in [1.165, 1.54) is 16.4 Å². The summed E-state index contributed by atoms with van der Waals surface area (Å²) in [6.07, 6.45) is 0.132. The molecule has 3 aromatic carbocycles. The summed E-state index contributed by atoms with van der Waals surface area (Å²) in [5.41, 5.74) is 3.23. The van der Waals surface area contributed by atoms with E-state index in [0.717, 1.165) is 22.7 Å². The predicted octanol–water partition coefficient (Wildman–Crippen LogP) is 3.51. The molecule has 2 amide bonds. The number of rotatable bonds is 7. The van der Waals surface area contributed by atoms with Crippen molar-refractivity contribution in [3.63, 3.8) is 0 Å². The van der Waals surface area contributed by atoms with Crippen LogP contribution in [0.5, 0.6) is 5.75 Å². The molecule has 2 heterocycles. The number of ether oxygens (including phenoxy) is 1. The number of piperazine rings is 1. The molecule has 0 aliphatic carbocycles. The first-order chi connectivity index (χ1) is 18.8. The Hall–Kier alpha value is -3.89. The van der Waals surface area contributed by atoms with Gasteiger partial charge < -0.3 is 19.9 Å². The number of amides is 2. The van der Waals surface area contributed by atoms with Crippen LogP contribution in [0, 0.1) is 12.8 Å². The Morgan fingerprint density at radius 3 is 2.21 bits per heavy atom. The van der Waals surface area contributed by atoms with Crippen LogP contribution in [0.25, 0.3) is 0 Å². The third kappa shape index (κ3) is 5.48. The van der Waals surface area contributed by atoms with Gasteiger partial charge in [-0.1, -0.05) is 30.3 Å². The third-order valence-corrected chi connectivity index (χ3v) is 9.24. The summed E-state index contributed by atoms with van der Waals surface area (Å²) in [6.45, 7) is 4.05. The number of sulfonamides is 1. The van der Waals surface area contributed by atoms with Gasteiger partial charge in [0.25, 0.3) is 0 Å². The van der Waals surface area contributed by atoms with Gasteiger partial charge >= 0.3 is 0 Å². The first kappa shape index (κ1) is 26.7. The number of carbonyl (C=O) groups is 2. The monoisotopic (exact) mass is 548 g/mol. The second-order valence-electron chi connectivity index (χ2n) is 9.77. The van der Waals surface area contributed by atoms with E-state index in [1.807, 2.05) is 55.5 Å². The average molecular weight is 549 g/mol. The molecule has 0 saturated carbocycles. The molecule has 39 heavy (non-hydrogen) atoms. The van der Waals surface area contributed by atoms with Gasteiger partial charge in [0.1, 0.15) is 5.75 Å². The van der Waals surface area contributed by atoms with Crippen molar-refractivity contribution in [1.29, 1.82) is 0 Å². The summed E-state index contributed by atoms with van der Waals surface area (Å²) in [7, 11) is -2.06. The first-order valence-electron chi connectivity index (χ1n) is 12.9. The Morgan fingerprint density at radius 1 is 0.897 bits per heavy atom. The van der Waals surface area contributed by atoms with Crippen LogP contribution in [-0.2, 0) is 19.6 Å². The van der Waals surface area contributed by atoms with Crippen molar-refractivity contribution in [3.8, 4) is 5.75 Å². The minimum absolute atomic E-state index is 0.0864. The number of carbonyl (C=O) groups excluding carboxylic acids is 2. The SMILES string of the molecule is COc1ccccc1N1CCN(S(=O)(=O)c2ccc(NC(=O)C3CC(=O)N(c4ccccc4C)C3)cc2)CC1. The zero-order valence-electron chi connectivity index (χ0n) is 22.0. The zero-order valence-corrected chi connectivity index (χ0v) is 22.9. The fraction of sp³-hybridized carbons (Fsp3) is 0.310. The van der Waals surface area contributed by atoms with E-state index >= 15 is 0 Å². The normalized spacial score (nSPS) is 18.3. The van der Waals surface area contributed by atoms with Gasteiger partial charge in [-0.3, -0.25) is 9.59 Å². The van der Waals surface area contributed by atoms with Gasteiger partial charge in [0, 0.05) is 50.5 Å². The van der Waals surface area contributed by atoms with Crippen molar-refractivity contribution in [3.05, 3.63) is 78.4 Å². The molecular weight excluding hydrogens is 516 g/mol. The van der Waals surface area contributed by atoms with Crippen molar-refractivity contribution >= 4 is 38.9 Å². The van der Waals surface area contributed by atoms with Crippen LogP contribution in [0.2, 0.25) is 0 Å². The minimum atomic E-state index is -3.68. The summed E-state index contributed by atoms with van der Waals surface area (Å²) < 4.78 is 33.5. The molecule has 3 aromatic rings. The largest absolute Gasteiger partial charge is 0.495 e. The van der Waals surface area contributed by atoms with Crippen molar-refractivity contribution < 1.29 is 22.7 Å². The number of methoxy groups -OCH3 is 1. The van der Waals surface area contributed by atoms with Crippen LogP contribution < -0.4 is 19.9 Å². The third-order valence-electron chi connectivity index (χ3n) is 7.33. The summed E-state index contributed by atoms with van der Waals surface area (Å²) in [5.74, 6) is -0.0736. The van der Waals surface area contributed by atoms with E-state index in [9.17, 15) is 18.0 Å².